The summed E-state index contributed by atoms with van der Waals surface area (Å²) in [6.45, 7) is 3.21. The van der Waals surface area contributed by atoms with Gasteiger partial charge in [-0.25, -0.2) is 4.39 Å². The van der Waals surface area contributed by atoms with Crippen molar-refractivity contribution in [2.24, 2.45) is 0 Å². The SMILES string of the molecule is CCCCCCCC1CNc2ccc(F)cc21. The third-order valence-electron chi connectivity index (χ3n) is 3.65. The standard InChI is InChI=1S/C15H22FN/c1-2-3-4-5-6-7-12-11-17-15-9-8-13(16)10-14(12)15/h8-10,12,17H,2-7,11H2,1H3. The maximum atomic E-state index is 13.2. The first-order valence-electron chi connectivity index (χ1n) is 6.84. The molecule has 2 heteroatoms. The van der Waals surface area contributed by atoms with E-state index in [1.165, 1.54) is 50.2 Å². The molecule has 1 N–H and O–H groups in total. The molecule has 17 heavy (non-hydrogen) atoms. The van der Waals surface area contributed by atoms with Crippen LogP contribution in [0.15, 0.2) is 18.2 Å². The first-order valence-corrected chi connectivity index (χ1v) is 6.84. The Morgan fingerprint density at radius 1 is 1.24 bits per heavy atom. The summed E-state index contributed by atoms with van der Waals surface area (Å²) >= 11 is 0. The first-order chi connectivity index (χ1) is 8.31. The molecule has 94 valence electrons. The number of anilines is 1. The van der Waals surface area contributed by atoms with Crippen LogP contribution in [0.25, 0.3) is 0 Å². The Morgan fingerprint density at radius 2 is 2.06 bits per heavy atom. The fourth-order valence-electron chi connectivity index (χ4n) is 2.63. The molecule has 0 bridgehead atoms. The lowest BCUT2D eigenvalue weighted by molar-refractivity contribution is 0.562. The lowest BCUT2D eigenvalue weighted by atomic mass is 9.95. The van der Waals surface area contributed by atoms with Crippen molar-refractivity contribution in [2.75, 3.05) is 11.9 Å². The van der Waals surface area contributed by atoms with E-state index >= 15 is 0 Å². The van der Waals surface area contributed by atoms with E-state index in [4.69, 9.17) is 0 Å². The Morgan fingerprint density at radius 3 is 2.88 bits per heavy atom. The number of hydrogen-bond acceptors (Lipinski definition) is 1. The molecule has 1 atom stereocenters. The zero-order valence-corrected chi connectivity index (χ0v) is 10.6. The summed E-state index contributed by atoms with van der Waals surface area (Å²) in [5.74, 6) is 0.408. The van der Waals surface area contributed by atoms with Gasteiger partial charge < -0.3 is 5.32 Å². The second kappa shape index (κ2) is 6.04. The monoisotopic (exact) mass is 235 g/mol. The molecule has 1 aliphatic heterocycles. The fraction of sp³-hybridized carbons (Fsp3) is 0.600. The minimum absolute atomic E-state index is 0.108. The molecule has 0 spiro atoms. The van der Waals surface area contributed by atoms with Crippen LogP contribution >= 0.6 is 0 Å². The van der Waals surface area contributed by atoms with Crippen LogP contribution in [0.4, 0.5) is 10.1 Å². The molecule has 0 aliphatic carbocycles. The number of benzene rings is 1. The predicted molar refractivity (Wildman–Crippen MR) is 71.0 cm³/mol. The summed E-state index contributed by atoms with van der Waals surface area (Å²) < 4.78 is 13.2. The Bertz CT molecular complexity index is 362. The molecule has 1 aliphatic rings. The van der Waals surface area contributed by atoms with Gasteiger partial charge in [0.15, 0.2) is 0 Å². The maximum Gasteiger partial charge on any atom is 0.123 e. The van der Waals surface area contributed by atoms with E-state index in [-0.39, 0.29) is 5.82 Å². The van der Waals surface area contributed by atoms with Crippen LogP contribution in [0.1, 0.15) is 56.9 Å². The average Bonchev–Trinajstić information content (AvgIpc) is 2.72. The van der Waals surface area contributed by atoms with E-state index in [1.54, 1.807) is 6.07 Å². The highest BCUT2D eigenvalue weighted by atomic mass is 19.1. The van der Waals surface area contributed by atoms with E-state index in [2.05, 4.69) is 12.2 Å². The lowest BCUT2D eigenvalue weighted by Gasteiger charge is -2.09. The Balaban J connectivity index is 1.82. The highest BCUT2D eigenvalue weighted by molar-refractivity contribution is 5.57. The molecule has 0 aromatic heterocycles. The molecular weight excluding hydrogens is 213 g/mol. The van der Waals surface area contributed by atoms with Crippen molar-refractivity contribution in [3.05, 3.63) is 29.6 Å². The summed E-state index contributed by atoms with van der Waals surface area (Å²) in [6, 6.07) is 5.10. The molecule has 1 unspecified atom stereocenters. The highest BCUT2D eigenvalue weighted by Crippen LogP contribution is 2.35. The van der Waals surface area contributed by atoms with Crippen molar-refractivity contribution in [1.29, 1.82) is 0 Å². The van der Waals surface area contributed by atoms with Gasteiger partial charge in [-0.1, -0.05) is 39.0 Å². The largest absolute Gasteiger partial charge is 0.384 e. The molecule has 1 nitrogen and oxygen atoms in total. The van der Waals surface area contributed by atoms with Gasteiger partial charge >= 0.3 is 0 Å². The van der Waals surface area contributed by atoms with Crippen LogP contribution in [-0.4, -0.2) is 6.54 Å². The molecule has 0 fully saturated rings. The zero-order chi connectivity index (χ0) is 12.1. The number of rotatable bonds is 6. The van der Waals surface area contributed by atoms with Gasteiger partial charge in [-0.3, -0.25) is 0 Å². The van der Waals surface area contributed by atoms with Crippen LogP contribution < -0.4 is 5.32 Å². The number of unbranched alkanes of at least 4 members (excludes halogenated alkanes) is 4. The van der Waals surface area contributed by atoms with Gasteiger partial charge in [-0.15, -0.1) is 0 Å². The van der Waals surface area contributed by atoms with Crippen LogP contribution in [0.2, 0.25) is 0 Å². The van der Waals surface area contributed by atoms with Crippen LogP contribution in [-0.2, 0) is 0 Å². The van der Waals surface area contributed by atoms with Gasteiger partial charge in [-0.2, -0.15) is 0 Å². The van der Waals surface area contributed by atoms with Gasteiger partial charge in [0, 0.05) is 18.2 Å². The van der Waals surface area contributed by atoms with Crippen molar-refractivity contribution in [2.45, 2.75) is 51.4 Å². The van der Waals surface area contributed by atoms with Crippen LogP contribution in [0.3, 0.4) is 0 Å². The van der Waals surface area contributed by atoms with Crippen molar-refractivity contribution in [3.8, 4) is 0 Å². The van der Waals surface area contributed by atoms with Gasteiger partial charge in [0.05, 0.1) is 0 Å². The van der Waals surface area contributed by atoms with E-state index in [0.29, 0.717) is 5.92 Å². The van der Waals surface area contributed by atoms with Crippen molar-refractivity contribution >= 4 is 5.69 Å². The fourth-order valence-corrected chi connectivity index (χ4v) is 2.63. The third kappa shape index (κ3) is 3.21. The normalized spacial score (nSPS) is 17.9. The van der Waals surface area contributed by atoms with Gasteiger partial charge in [-0.05, 0) is 30.2 Å². The highest BCUT2D eigenvalue weighted by Gasteiger charge is 2.21. The number of hydrogen-bond donors (Lipinski definition) is 1. The molecule has 1 heterocycles. The lowest BCUT2D eigenvalue weighted by Crippen LogP contribution is -2.01. The molecule has 2 rings (SSSR count). The molecular formula is C15H22FN. The first kappa shape index (κ1) is 12.4. The van der Waals surface area contributed by atoms with Gasteiger partial charge in [0.2, 0.25) is 0 Å². The number of fused-ring (bicyclic) bond motifs is 1. The molecule has 1 aromatic rings. The third-order valence-corrected chi connectivity index (χ3v) is 3.65. The van der Waals surface area contributed by atoms with Gasteiger partial charge in [0.25, 0.3) is 0 Å². The van der Waals surface area contributed by atoms with Gasteiger partial charge in [0.1, 0.15) is 5.82 Å². The van der Waals surface area contributed by atoms with Crippen LogP contribution in [0.5, 0.6) is 0 Å². The Hall–Kier alpha value is -1.05. The summed E-state index contributed by atoms with van der Waals surface area (Å²) in [6.07, 6.45) is 7.74. The maximum absolute atomic E-state index is 13.2. The molecule has 0 saturated carbocycles. The topological polar surface area (TPSA) is 12.0 Å². The van der Waals surface area contributed by atoms with E-state index in [9.17, 15) is 4.39 Å². The summed E-state index contributed by atoms with van der Waals surface area (Å²) in [4.78, 5) is 0. The summed E-state index contributed by atoms with van der Waals surface area (Å²) in [7, 11) is 0. The van der Waals surface area contributed by atoms with Crippen LogP contribution in [0, 0.1) is 5.82 Å². The summed E-state index contributed by atoms with van der Waals surface area (Å²) in [5.41, 5.74) is 2.31. The quantitative estimate of drug-likeness (QED) is 0.705. The zero-order valence-electron chi connectivity index (χ0n) is 10.6. The smallest absolute Gasteiger partial charge is 0.123 e. The predicted octanol–water partition coefficient (Wildman–Crippen LogP) is 4.70. The van der Waals surface area contributed by atoms with E-state index < -0.39 is 0 Å². The molecule has 0 amide bonds. The van der Waals surface area contributed by atoms with E-state index in [1.807, 2.05) is 6.07 Å². The summed E-state index contributed by atoms with van der Waals surface area (Å²) in [5, 5.41) is 3.36. The van der Waals surface area contributed by atoms with E-state index in [0.717, 1.165) is 12.2 Å². The number of halogens is 1. The molecule has 0 saturated heterocycles. The second-order valence-corrected chi connectivity index (χ2v) is 5.01. The minimum Gasteiger partial charge on any atom is -0.384 e. The Kier molecular flexibility index (Phi) is 4.41. The minimum atomic E-state index is -0.108. The van der Waals surface area contributed by atoms with Crippen molar-refractivity contribution in [3.63, 3.8) is 0 Å². The molecule has 1 aromatic carbocycles. The molecule has 0 radical (unpaired) electrons. The Labute approximate surface area is 103 Å². The number of nitrogens with one attached hydrogen (secondary N) is 1. The van der Waals surface area contributed by atoms with Crippen molar-refractivity contribution in [1.82, 2.24) is 0 Å². The van der Waals surface area contributed by atoms with Crippen molar-refractivity contribution < 1.29 is 4.39 Å². The second-order valence-electron chi connectivity index (χ2n) is 5.01. The average molecular weight is 235 g/mol.